The molecule has 4 rings (SSSR count). The fourth-order valence-electron chi connectivity index (χ4n) is 3.91. The molecule has 4 aromatic rings. The zero-order valence-corrected chi connectivity index (χ0v) is 20.3. The van der Waals surface area contributed by atoms with Crippen molar-refractivity contribution in [2.45, 2.75) is 13.0 Å². The van der Waals surface area contributed by atoms with Gasteiger partial charge in [0.15, 0.2) is 0 Å². The van der Waals surface area contributed by atoms with Gasteiger partial charge in [0.25, 0.3) is 5.91 Å². The number of amides is 2. The summed E-state index contributed by atoms with van der Waals surface area (Å²) in [4.78, 5) is 25.8. The predicted molar refractivity (Wildman–Crippen MR) is 141 cm³/mol. The number of methoxy groups -OCH3 is 2. The maximum atomic E-state index is 13.2. The number of carbonyl (C=O) groups excluding carboxylic acids is 2. The van der Waals surface area contributed by atoms with E-state index in [2.05, 4.69) is 10.6 Å². The highest BCUT2D eigenvalue weighted by Gasteiger charge is 2.15. The van der Waals surface area contributed by atoms with Crippen LogP contribution in [0.4, 0.5) is 5.69 Å². The summed E-state index contributed by atoms with van der Waals surface area (Å²) in [6, 6.07) is 29.9. The van der Waals surface area contributed by atoms with E-state index < -0.39 is 0 Å². The van der Waals surface area contributed by atoms with Gasteiger partial charge in [-0.15, -0.1) is 0 Å². The Kier molecular flexibility index (Phi) is 7.98. The van der Waals surface area contributed by atoms with Crippen molar-refractivity contribution in [3.8, 4) is 22.6 Å². The molecule has 0 aliphatic heterocycles. The zero-order valence-electron chi connectivity index (χ0n) is 20.3. The van der Waals surface area contributed by atoms with Gasteiger partial charge in [-0.05, 0) is 64.7 Å². The van der Waals surface area contributed by atoms with E-state index in [1.165, 1.54) is 0 Å². The number of rotatable bonds is 9. The largest absolute Gasteiger partial charge is 0.497 e. The van der Waals surface area contributed by atoms with Crippen LogP contribution in [0.15, 0.2) is 97.1 Å². The molecule has 0 fully saturated rings. The number of hydrogen-bond acceptors (Lipinski definition) is 4. The first kappa shape index (κ1) is 24.5. The summed E-state index contributed by atoms with van der Waals surface area (Å²) in [5.41, 5.74) is 4.73. The first-order chi connectivity index (χ1) is 17.6. The van der Waals surface area contributed by atoms with Crippen LogP contribution in [0.2, 0.25) is 0 Å². The quantitative estimate of drug-likeness (QED) is 0.333. The lowest BCUT2D eigenvalue weighted by Gasteiger charge is -2.15. The predicted octanol–water partition coefficient (Wildman–Crippen LogP) is 5.48. The lowest BCUT2D eigenvalue weighted by atomic mass is 9.94. The smallest absolute Gasteiger partial charge is 0.256 e. The third kappa shape index (κ3) is 6.10. The summed E-state index contributed by atoms with van der Waals surface area (Å²) < 4.78 is 10.4. The van der Waals surface area contributed by atoms with Crippen LogP contribution in [0.25, 0.3) is 11.1 Å². The second-order valence-electron chi connectivity index (χ2n) is 8.19. The van der Waals surface area contributed by atoms with Crippen LogP contribution in [0.1, 0.15) is 21.5 Å². The van der Waals surface area contributed by atoms with E-state index >= 15 is 0 Å². The second kappa shape index (κ2) is 11.7. The summed E-state index contributed by atoms with van der Waals surface area (Å²) in [6.07, 6.45) is 0.271. The van der Waals surface area contributed by atoms with Gasteiger partial charge in [-0.25, -0.2) is 0 Å². The number of carbonyl (C=O) groups is 2. The SMILES string of the molecule is COc1ccc(CC(=O)NCc2ccccc2-c2ccccc2C(=O)Nc2ccc(OC)cc2)cc1. The molecule has 0 atom stereocenters. The van der Waals surface area contributed by atoms with E-state index in [-0.39, 0.29) is 18.2 Å². The minimum Gasteiger partial charge on any atom is -0.497 e. The molecule has 2 N–H and O–H groups in total. The molecule has 0 aliphatic carbocycles. The molecule has 0 aromatic heterocycles. The highest BCUT2D eigenvalue weighted by molar-refractivity contribution is 6.09. The monoisotopic (exact) mass is 480 g/mol. The molecule has 0 bridgehead atoms. The number of hydrogen-bond donors (Lipinski definition) is 2. The average Bonchev–Trinajstić information content (AvgIpc) is 2.93. The van der Waals surface area contributed by atoms with Crippen molar-refractivity contribution in [1.82, 2.24) is 5.32 Å². The molecule has 0 aliphatic rings. The molecule has 6 nitrogen and oxygen atoms in total. The van der Waals surface area contributed by atoms with Crippen LogP contribution in [-0.2, 0) is 17.8 Å². The Balaban J connectivity index is 1.49. The molecule has 6 heteroatoms. The summed E-state index contributed by atoms with van der Waals surface area (Å²) >= 11 is 0. The molecule has 0 unspecified atom stereocenters. The van der Waals surface area contributed by atoms with Crippen LogP contribution >= 0.6 is 0 Å². The maximum Gasteiger partial charge on any atom is 0.256 e. The van der Waals surface area contributed by atoms with Crippen molar-refractivity contribution in [1.29, 1.82) is 0 Å². The molecule has 182 valence electrons. The van der Waals surface area contributed by atoms with Crippen molar-refractivity contribution >= 4 is 17.5 Å². The van der Waals surface area contributed by atoms with E-state index in [9.17, 15) is 9.59 Å². The maximum absolute atomic E-state index is 13.2. The molecule has 0 saturated carbocycles. The molecule has 4 aromatic carbocycles. The van der Waals surface area contributed by atoms with Crippen molar-refractivity contribution in [3.05, 3.63) is 114 Å². The standard InChI is InChI=1S/C30H28N2O4/c1-35-24-15-11-21(12-16-24)19-29(33)31-20-22-7-3-4-8-26(22)27-9-5-6-10-28(27)30(34)32-23-13-17-25(36-2)18-14-23/h3-18H,19-20H2,1-2H3,(H,31,33)(H,32,34). The Morgan fingerprint density at radius 3 is 1.94 bits per heavy atom. The van der Waals surface area contributed by atoms with Crippen LogP contribution in [0.3, 0.4) is 0 Å². The Hall–Kier alpha value is -4.58. The fourth-order valence-corrected chi connectivity index (χ4v) is 3.91. The normalized spacial score (nSPS) is 10.4. The minimum atomic E-state index is -0.214. The lowest BCUT2D eigenvalue weighted by molar-refractivity contribution is -0.120. The van der Waals surface area contributed by atoms with Gasteiger partial charge < -0.3 is 20.1 Å². The molecule has 0 saturated heterocycles. The van der Waals surface area contributed by atoms with Crippen molar-refractivity contribution in [2.75, 3.05) is 19.5 Å². The van der Waals surface area contributed by atoms with E-state index in [4.69, 9.17) is 9.47 Å². The molecule has 2 amide bonds. The third-order valence-electron chi connectivity index (χ3n) is 5.83. The van der Waals surface area contributed by atoms with E-state index in [1.807, 2.05) is 66.7 Å². The molecule has 0 radical (unpaired) electrons. The summed E-state index contributed by atoms with van der Waals surface area (Å²) in [7, 11) is 3.21. The first-order valence-corrected chi connectivity index (χ1v) is 11.6. The lowest BCUT2D eigenvalue weighted by Crippen LogP contribution is -2.25. The van der Waals surface area contributed by atoms with Gasteiger partial charge in [0.05, 0.1) is 20.6 Å². The Morgan fingerprint density at radius 2 is 1.28 bits per heavy atom. The first-order valence-electron chi connectivity index (χ1n) is 11.6. The number of ether oxygens (including phenoxy) is 2. The zero-order chi connectivity index (χ0) is 25.3. The highest BCUT2D eigenvalue weighted by atomic mass is 16.5. The van der Waals surface area contributed by atoms with Crippen molar-refractivity contribution in [3.63, 3.8) is 0 Å². The van der Waals surface area contributed by atoms with Gasteiger partial charge in [-0.1, -0.05) is 54.6 Å². The summed E-state index contributed by atoms with van der Waals surface area (Å²) in [5.74, 6) is 1.17. The van der Waals surface area contributed by atoms with E-state index in [1.54, 1.807) is 44.6 Å². The van der Waals surface area contributed by atoms with Gasteiger partial charge in [-0.2, -0.15) is 0 Å². The van der Waals surface area contributed by atoms with E-state index in [0.29, 0.717) is 17.8 Å². The molecular weight excluding hydrogens is 452 g/mol. The van der Waals surface area contributed by atoms with Crippen molar-refractivity contribution in [2.24, 2.45) is 0 Å². The van der Waals surface area contributed by atoms with Crippen LogP contribution in [-0.4, -0.2) is 26.0 Å². The Morgan fingerprint density at radius 1 is 0.694 bits per heavy atom. The summed E-state index contributed by atoms with van der Waals surface area (Å²) in [5, 5.41) is 5.95. The minimum absolute atomic E-state index is 0.0829. The van der Waals surface area contributed by atoms with Crippen molar-refractivity contribution < 1.29 is 19.1 Å². The fraction of sp³-hybridized carbons (Fsp3) is 0.133. The van der Waals surface area contributed by atoms with Gasteiger partial charge in [0.1, 0.15) is 11.5 Å². The molecular formula is C30H28N2O4. The van der Waals surface area contributed by atoms with Gasteiger partial charge in [-0.3, -0.25) is 9.59 Å². The molecule has 36 heavy (non-hydrogen) atoms. The van der Waals surface area contributed by atoms with E-state index in [0.717, 1.165) is 33.8 Å². The van der Waals surface area contributed by atoms with Crippen LogP contribution < -0.4 is 20.1 Å². The average molecular weight is 481 g/mol. The topological polar surface area (TPSA) is 76.7 Å². The third-order valence-corrected chi connectivity index (χ3v) is 5.83. The van der Waals surface area contributed by atoms with Gasteiger partial charge >= 0.3 is 0 Å². The molecule has 0 heterocycles. The van der Waals surface area contributed by atoms with Crippen LogP contribution in [0, 0.1) is 0 Å². The molecule has 0 spiro atoms. The second-order valence-corrected chi connectivity index (χ2v) is 8.19. The number of nitrogens with one attached hydrogen (secondary N) is 2. The van der Waals surface area contributed by atoms with Gasteiger partial charge in [0, 0.05) is 17.8 Å². The number of benzene rings is 4. The Bertz CT molecular complexity index is 1330. The highest BCUT2D eigenvalue weighted by Crippen LogP contribution is 2.28. The Labute approximate surface area is 210 Å². The van der Waals surface area contributed by atoms with Crippen LogP contribution in [0.5, 0.6) is 11.5 Å². The van der Waals surface area contributed by atoms with Gasteiger partial charge in [0.2, 0.25) is 5.91 Å². The number of anilines is 1. The summed E-state index contributed by atoms with van der Waals surface area (Å²) in [6.45, 7) is 0.347.